The maximum atomic E-state index is 13.8. The molecule has 0 aliphatic carbocycles. The first-order valence-corrected chi connectivity index (χ1v) is 10.5. The third kappa shape index (κ3) is 5.02. The van der Waals surface area contributed by atoms with Gasteiger partial charge in [0.05, 0.1) is 5.69 Å². The Hall–Kier alpha value is -3.40. The molecule has 10 heteroatoms. The summed E-state index contributed by atoms with van der Waals surface area (Å²) in [6, 6.07) is 11.0. The number of carbonyl (C=O) groups excluding carboxylic acids is 2. The van der Waals surface area contributed by atoms with Crippen LogP contribution in [0.4, 0.5) is 25.0 Å². The van der Waals surface area contributed by atoms with Gasteiger partial charge in [-0.2, -0.15) is 0 Å². The smallest absolute Gasteiger partial charge is 0.321 e. The van der Waals surface area contributed by atoms with Crippen LogP contribution in [0.5, 0.6) is 0 Å². The van der Waals surface area contributed by atoms with Gasteiger partial charge in [0.25, 0.3) is 5.91 Å². The summed E-state index contributed by atoms with van der Waals surface area (Å²) in [5.74, 6) is -1.38. The van der Waals surface area contributed by atoms with Crippen LogP contribution < -0.4 is 10.6 Å². The molecule has 1 fully saturated rings. The van der Waals surface area contributed by atoms with Crippen molar-refractivity contribution in [2.24, 2.45) is 0 Å². The second-order valence-electron chi connectivity index (χ2n) is 7.10. The number of benzene rings is 2. The Balaban J connectivity index is 1.39. The molecule has 160 valence electrons. The quantitative estimate of drug-likeness (QED) is 0.622. The Labute approximate surface area is 181 Å². The van der Waals surface area contributed by atoms with E-state index in [1.807, 2.05) is 0 Å². The average Bonchev–Trinajstić information content (AvgIpc) is 3.28. The minimum atomic E-state index is -0.495. The summed E-state index contributed by atoms with van der Waals surface area (Å²) in [6.07, 6.45) is 1.56. The Morgan fingerprint density at radius 2 is 1.81 bits per heavy atom. The number of nitrogens with one attached hydrogen (secondary N) is 2. The third-order valence-electron chi connectivity index (χ3n) is 4.91. The number of piperidine rings is 1. The summed E-state index contributed by atoms with van der Waals surface area (Å²) < 4.78 is 26.8. The molecule has 31 heavy (non-hydrogen) atoms. The van der Waals surface area contributed by atoms with Crippen LogP contribution in [0.2, 0.25) is 0 Å². The molecule has 1 aromatic heterocycles. The number of halogens is 2. The Bertz CT molecular complexity index is 1090. The molecular weight excluding hydrogens is 424 g/mol. The molecule has 2 heterocycles. The maximum absolute atomic E-state index is 13.8. The number of likely N-dealkylation sites (tertiary alicyclic amines) is 1. The molecule has 3 amide bonds. The van der Waals surface area contributed by atoms with Crippen molar-refractivity contribution >= 4 is 34.6 Å². The monoisotopic (exact) mass is 443 g/mol. The Kier molecular flexibility index (Phi) is 6.17. The van der Waals surface area contributed by atoms with Crippen molar-refractivity contribution in [3.05, 3.63) is 70.2 Å². The molecule has 1 saturated heterocycles. The van der Waals surface area contributed by atoms with Crippen molar-refractivity contribution in [2.45, 2.75) is 18.8 Å². The van der Waals surface area contributed by atoms with E-state index in [2.05, 4.69) is 20.8 Å². The van der Waals surface area contributed by atoms with Crippen molar-refractivity contribution in [3.8, 4) is 0 Å². The lowest BCUT2D eigenvalue weighted by molar-refractivity contribution is 0.102. The Morgan fingerprint density at radius 1 is 1.03 bits per heavy atom. The molecule has 0 radical (unpaired) electrons. The number of hydrogen-bond donors (Lipinski definition) is 2. The molecular formula is C21H19F2N5O2S. The highest BCUT2D eigenvalue weighted by Crippen LogP contribution is 2.30. The zero-order valence-electron chi connectivity index (χ0n) is 16.3. The van der Waals surface area contributed by atoms with Crippen LogP contribution in [0.15, 0.2) is 48.5 Å². The second kappa shape index (κ2) is 9.17. The van der Waals surface area contributed by atoms with E-state index < -0.39 is 17.5 Å². The molecule has 1 aliphatic rings. The first-order valence-electron chi connectivity index (χ1n) is 9.70. The molecule has 3 aromatic rings. The van der Waals surface area contributed by atoms with Crippen LogP contribution in [0.25, 0.3) is 0 Å². The third-order valence-corrected chi connectivity index (χ3v) is 5.99. The molecule has 2 N–H and O–H groups in total. The standard InChI is InChI=1S/C21H19F2N5O2S/c22-14-7-9-15(10-8-14)24-18(29)20-27-26-19(31-20)13-4-3-11-28(12-13)21(30)25-17-6-2-1-5-16(17)23/h1-2,5-10,13H,3-4,11-12H2,(H,24,29)(H,25,30). The molecule has 4 rings (SSSR count). The van der Waals surface area contributed by atoms with Crippen LogP contribution in [0.3, 0.4) is 0 Å². The van der Waals surface area contributed by atoms with Crippen molar-refractivity contribution in [1.29, 1.82) is 0 Å². The van der Waals surface area contributed by atoms with Gasteiger partial charge >= 0.3 is 6.03 Å². The van der Waals surface area contributed by atoms with Gasteiger partial charge in [-0.1, -0.05) is 23.5 Å². The maximum Gasteiger partial charge on any atom is 0.321 e. The van der Waals surface area contributed by atoms with Crippen LogP contribution in [-0.2, 0) is 0 Å². The number of carbonyl (C=O) groups is 2. The van der Waals surface area contributed by atoms with Gasteiger partial charge < -0.3 is 15.5 Å². The van der Waals surface area contributed by atoms with Crippen molar-refractivity contribution in [2.75, 3.05) is 23.7 Å². The summed E-state index contributed by atoms with van der Waals surface area (Å²) in [4.78, 5) is 26.6. The van der Waals surface area contributed by atoms with Gasteiger partial charge in [0.2, 0.25) is 5.01 Å². The van der Waals surface area contributed by atoms with Gasteiger partial charge in [-0.25, -0.2) is 13.6 Å². The minimum Gasteiger partial charge on any atom is -0.324 e. The van der Waals surface area contributed by atoms with Gasteiger partial charge in [0, 0.05) is 24.7 Å². The highest BCUT2D eigenvalue weighted by molar-refractivity contribution is 7.13. The topological polar surface area (TPSA) is 87.2 Å². The van der Waals surface area contributed by atoms with Crippen molar-refractivity contribution < 1.29 is 18.4 Å². The highest BCUT2D eigenvalue weighted by atomic mass is 32.1. The summed E-state index contributed by atoms with van der Waals surface area (Å²) in [5.41, 5.74) is 0.585. The first kappa shape index (κ1) is 20.9. The summed E-state index contributed by atoms with van der Waals surface area (Å²) >= 11 is 1.16. The lowest BCUT2D eigenvalue weighted by atomic mass is 9.99. The molecule has 1 unspecified atom stereocenters. The van der Waals surface area contributed by atoms with Crippen molar-refractivity contribution in [1.82, 2.24) is 15.1 Å². The second-order valence-corrected chi connectivity index (χ2v) is 8.11. The largest absolute Gasteiger partial charge is 0.324 e. The number of anilines is 2. The number of aromatic nitrogens is 2. The molecule has 1 atom stereocenters. The molecule has 0 bridgehead atoms. The lowest BCUT2D eigenvalue weighted by Crippen LogP contribution is -2.41. The van der Waals surface area contributed by atoms with Crippen LogP contribution in [0.1, 0.15) is 33.6 Å². The summed E-state index contributed by atoms with van der Waals surface area (Å²) in [5, 5.41) is 14.2. The van der Waals surface area contributed by atoms with E-state index in [1.54, 1.807) is 17.0 Å². The number of hydrogen-bond acceptors (Lipinski definition) is 5. The van der Waals surface area contributed by atoms with E-state index in [-0.39, 0.29) is 22.6 Å². The van der Waals surface area contributed by atoms with Crippen LogP contribution >= 0.6 is 11.3 Å². The number of rotatable bonds is 4. The summed E-state index contributed by atoms with van der Waals surface area (Å²) in [7, 11) is 0. The zero-order valence-corrected chi connectivity index (χ0v) is 17.2. The number of para-hydroxylation sites is 1. The van der Waals surface area contributed by atoms with Gasteiger partial charge in [-0.05, 0) is 49.2 Å². The number of urea groups is 1. The minimum absolute atomic E-state index is 0.0648. The molecule has 1 aliphatic heterocycles. The van der Waals surface area contributed by atoms with E-state index in [0.717, 1.165) is 24.2 Å². The summed E-state index contributed by atoms with van der Waals surface area (Å²) in [6.45, 7) is 0.946. The highest BCUT2D eigenvalue weighted by Gasteiger charge is 2.28. The van der Waals surface area contributed by atoms with Gasteiger partial charge in [-0.3, -0.25) is 4.79 Å². The molecule has 7 nitrogen and oxygen atoms in total. The fraction of sp³-hybridized carbons (Fsp3) is 0.238. The van der Waals surface area contributed by atoms with Crippen LogP contribution in [0, 0.1) is 11.6 Å². The van der Waals surface area contributed by atoms with Crippen LogP contribution in [-0.4, -0.2) is 40.1 Å². The van der Waals surface area contributed by atoms with Gasteiger partial charge in [0.15, 0.2) is 0 Å². The Morgan fingerprint density at radius 3 is 2.58 bits per heavy atom. The number of nitrogens with zero attached hydrogens (tertiary/aromatic N) is 3. The number of amides is 3. The normalized spacial score (nSPS) is 16.1. The predicted octanol–water partition coefficient (Wildman–Crippen LogP) is 4.48. The van der Waals surface area contributed by atoms with E-state index in [9.17, 15) is 18.4 Å². The van der Waals surface area contributed by atoms with Gasteiger partial charge in [0.1, 0.15) is 16.6 Å². The van der Waals surface area contributed by atoms with E-state index in [1.165, 1.54) is 36.4 Å². The van der Waals surface area contributed by atoms with Crippen molar-refractivity contribution in [3.63, 3.8) is 0 Å². The molecule has 0 spiro atoms. The van der Waals surface area contributed by atoms with Gasteiger partial charge in [-0.15, -0.1) is 10.2 Å². The molecule has 2 aromatic carbocycles. The SMILES string of the molecule is O=C(Nc1ccc(F)cc1)c1nnc(C2CCCN(C(=O)Nc3ccccc3F)C2)s1. The first-order chi connectivity index (χ1) is 15.0. The fourth-order valence-corrected chi connectivity index (χ4v) is 4.19. The average molecular weight is 443 g/mol. The zero-order chi connectivity index (χ0) is 21.8. The van der Waals surface area contributed by atoms with E-state index in [4.69, 9.17) is 0 Å². The fourth-order valence-electron chi connectivity index (χ4n) is 3.33. The predicted molar refractivity (Wildman–Crippen MR) is 113 cm³/mol. The molecule has 0 saturated carbocycles. The lowest BCUT2D eigenvalue weighted by Gasteiger charge is -2.31. The van der Waals surface area contributed by atoms with E-state index >= 15 is 0 Å². The van der Waals surface area contributed by atoms with E-state index in [0.29, 0.717) is 23.8 Å².